The molecule has 0 unspecified atom stereocenters. The molecule has 2 rings (SSSR count). The number of amides is 1. The van der Waals surface area contributed by atoms with Crippen LogP contribution in [0.1, 0.15) is 42.3 Å². The molecule has 2 aromatic rings. The van der Waals surface area contributed by atoms with Gasteiger partial charge in [-0.1, -0.05) is 23.7 Å². The van der Waals surface area contributed by atoms with Gasteiger partial charge in [-0.15, -0.1) is 0 Å². The normalized spacial score (nSPS) is 12.7. The molecule has 0 radical (unpaired) electrons. The van der Waals surface area contributed by atoms with Crippen LogP contribution in [0, 0.1) is 0 Å². The van der Waals surface area contributed by atoms with Gasteiger partial charge in [0, 0.05) is 17.6 Å². The summed E-state index contributed by atoms with van der Waals surface area (Å²) in [6.07, 6.45) is -4.44. The van der Waals surface area contributed by atoms with E-state index in [4.69, 9.17) is 11.6 Å². The molecule has 0 aliphatic rings. The van der Waals surface area contributed by atoms with Gasteiger partial charge < -0.3 is 5.32 Å². The molecule has 0 spiro atoms. The van der Waals surface area contributed by atoms with Crippen LogP contribution in [0.4, 0.5) is 13.2 Å². The lowest BCUT2D eigenvalue weighted by atomic mass is 10.1. The highest BCUT2D eigenvalue weighted by molar-refractivity contribution is 7.89. The Morgan fingerprint density at radius 2 is 1.62 bits per heavy atom. The van der Waals surface area contributed by atoms with Crippen molar-refractivity contribution < 1.29 is 26.4 Å². The summed E-state index contributed by atoms with van der Waals surface area (Å²) in [5.74, 6) is -0.589. The van der Waals surface area contributed by atoms with E-state index in [-0.39, 0.29) is 22.0 Å². The predicted octanol–water partition coefficient (Wildman–Crippen LogP) is 4.37. The quantitative estimate of drug-likeness (QED) is 0.713. The van der Waals surface area contributed by atoms with Crippen LogP contribution >= 0.6 is 11.6 Å². The van der Waals surface area contributed by atoms with Crippen molar-refractivity contribution in [3.8, 4) is 0 Å². The van der Waals surface area contributed by atoms with Crippen molar-refractivity contribution in [1.82, 2.24) is 10.0 Å². The molecular weight excluding hydrogens is 429 g/mol. The molecule has 0 atom stereocenters. The minimum atomic E-state index is -4.44. The molecule has 0 heterocycles. The first-order valence-corrected chi connectivity index (χ1v) is 10.3. The first kappa shape index (κ1) is 23.2. The lowest BCUT2D eigenvalue weighted by molar-refractivity contribution is -0.137. The van der Waals surface area contributed by atoms with Gasteiger partial charge in [0.25, 0.3) is 5.91 Å². The van der Waals surface area contributed by atoms with Gasteiger partial charge in [-0.2, -0.15) is 13.2 Å². The first-order chi connectivity index (χ1) is 13.2. The summed E-state index contributed by atoms with van der Waals surface area (Å²) >= 11 is 6.00. The smallest absolute Gasteiger partial charge is 0.348 e. The average Bonchev–Trinajstić information content (AvgIpc) is 2.57. The Kier molecular flexibility index (Phi) is 6.66. The maximum Gasteiger partial charge on any atom is 0.416 e. The highest BCUT2D eigenvalue weighted by Crippen LogP contribution is 2.29. The molecule has 1 amide bonds. The summed E-state index contributed by atoms with van der Waals surface area (Å²) in [7, 11) is -3.96. The van der Waals surface area contributed by atoms with E-state index in [1.54, 1.807) is 20.8 Å². The Morgan fingerprint density at radius 3 is 2.14 bits per heavy atom. The Balaban J connectivity index is 2.16. The topological polar surface area (TPSA) is 75.3 Å². The van der Waals surface area contributed by atoms with Crippen LogP contribution in [-0.2, 0) is 22.7 Å². The van der Waals surface area contributed by atoms with E-state index in [2.05, 4.69) is 10.0 Å². The van der Waals surface area contributed by atoms with Crippen LogP contribution in [0.25, 0.3) is 0 Å². The maximum absolute atomic E-state index is 12.6. The largest absolute Gasteiger partial charge is 0.416 e. The van der Waals surface area contributed by atoms with Crippen LogP contribution in [0.2, 0.25) is 5.02 Å². The fraction of sp³-hybridized carbons (Fsp3) is 0.316. The number of hydrogen-bond acceptors (Lipinski definition) is 3. The summed E-state index contributed by atoms with van der Waals surface area (Å²) < 4.78 is 65.3. The highest BCUT2D eigenvalue weighted by atomic mass is 35.5. The maximum atomic E-state index is 12.6. The number of halogens is 4. The fourth-order valence-corrected chi connectivity index (χ4v) is 4.35. The van der Waals surface area contributed by atoms with Crippen molar-refractivity contribution in [3.05, 3.63) is 64.2 Å². The molecule has 0 saturated carbocycles. The van der Waals surface area contributed by atoms with E-state index < -0.39 is 33.2 Å². The number of alkyl halides is 3. The number of rotatable bonds is 5. The van der Waals surface area contributed by atoms with Crippen molar-refractivity contribution in [3.63, 3.8) is 0 Å². The summed E-state index contributed by atoms with van der Waals surface area (Å²) in [4.78, 5) is 12.1. The van der Waals surface area contributed by atoms with Gasteiger partial charge in [0.15, 0.2) is 0 Å². The van der Waals surface area contributed by atoms with Gasteiger partial charge >= 0.3 is 6.18 Å². The van der Waals surface area contributed by atoms with E-state index in [1.165, 1.54) is 24.3 Å². The van der Waals surface area contributed by atoms with Gasteiger partial charge in [0.2, 0.25) is 10.0 Å². The van der Waals surface area contributed by atoms with E-state index in [9.17, 15) is 26.4 Å². The van der Waals surface area contributed by atoms with Crippen LogP contribution < -0.4 is 10.0 Å². The summed E-state index contributed by atoms with van der Waals surface area (Å²) in [5.41, 5.74) is -1.02. The third-order valence-electron chi connectivity index (χ3n) is 3.66. The molecule has 5 nitrogen and oxygen atoms in total. The lowest BCUT2D eigenvalue weighted by Crippen LogP contribution is -2.40. The molecule has 0 aliphatic carbocycles. The van der Waals surface area contributed by atoms with Gasteiger partial charge in [-0.25, -0.2) is 13.1 Å². The molecule has 2 aromatic carbocycles. The minimum Gasteiger partial charge on any atom is -0.348 e. The van der Waals surface area contributed by atoms with Crippen LogP contribution in [0.5, 0.6) is 0 Å². The monoisotopic (exact) mass is 448 g/mol. The van der Waals surface area contributed by atoms with Gasteiger partial charge in [-0.05, 0) is 56.7 Å². The number of sulfonamides is 1. The second-order valence-corrected chi connectivity index (χ2v) is 9.44. The highest BCUT2D eigenvalue weighted by Gasteiger charge is 2.30. The number of benzene rings is 2. The van der Waals surface area contributed by atoms with E-state index >= 15 is 0 Å². The Hall–Kier alpha value is -2.10. The Morgan fingerprint density at radius 1 is 1.03 bits per heavy atom. The molecular formula is C19H20ClF3N2O3S. The number of carbonyl (C=O) groups excluding carboxylic acids is 1. The molecule has 29 heavy (non-hydrogen) atoms. The van der Waals surface area contributed by atoms with E-state index in [1.807, 2.05) is 0 Å². The molecule has 2 N–H and O–H groups in total. The molecule has 0 fully saturated rings. The number of carbonyl (C=O) groups is 1. The Bertz CT molecular complexity index is 999. The molecule has 0 aromatic heterocycles. The average molecular weight is 449 g/mol. The Labute approximate surface area is 172 Å². The van der Waals surface area contributed by atoms with Crippen LogP contribution in [0.3, 0.4) is 0 Å². The number of nitrogens with one attached hydrogen (secondary N) is 2. The van der Waals surface area contributed by atoms with E-state index in [0.717, 1.165) is 18.2 Å². The molecule has 158 valence electrons. The van der Waals surface area contributed by atoms with Crippen LogP contribution in [-0.4, -0.2) is 19.9 Å². The van der Waals surface area contributed by atoms with Gasteiger partial charge in [-0.3, -0.25) is 4.79 Å². The SMILES string of the molecule is CC(C)(C)NS(=O)(=O)c1cc(C(=O)NCc2ccc(C(F)(F)F)cc2)ccc1Cl. The zero-order valence-electron chi connectivity index (χ0n) is 15.9. The second kappa shape index (κ2) is 8.33. The third-order valence-corrected chi connectivity index (χ3v) is 5.90. The lowest BCUT2D eigenvalue weighted by Gasteiger charge is -2.21. The zero-order chi connectivity index (χ0) is 22.0. The van der Waals surface area contributed by atoms with Crippen molar-refractivity contribution in [2.45, 2.75) is 43.9 Å². The zero-order valence-corrected chi connectivity index (χ0v) is 17.5. The third kappa shape index (κ3) is 6.45. The van der Waals surface area contributed by atoms with Crippen molar-refractivity contribution in [2.24, 2.45) is 0 Å². The molecule has 0 saturated heterocycles. The summed E-state index contributed by atoms with van der Waals surface area (Å²) in [5, 5.41) is 2.50. The van der Waals surface area contributed by atoms with Crippen LogP contribution in [0.15, 0.2) is 47.4 Å². The standard InChI is InChI=1S/C19H20ClF3N2O3S/c1-18(2,3)25-29(27,28)16-10-13(6-9-15(16)20)17(26)24-11-12-4-7-14(8-5-12)19(21,22)23/h4-10,25H,11H2,1-3H3,(H,24,26). The van der Waals surface area contributed by atoms with Crippen molar-refractivity contribution in [2.75, 3.05) is 0 Å². The van der Waals surface area contributed by atoms with Crippen molar-refractivity contribution in [1.29, 1.82) is 0 Å². The first-order valence-electron chi connectivity index (χ1n) is 8.47. The second-order valence-electron chi connectivity index (χ2n) is 7.38. The fourth-order valence-electron chi connectivity index (χ4n) is 2.40. The molecule has 0 aliphatic heterocycles. The predicted molar refractivity (Wildman–Crippen MR) is 104 cm³/mol. The van der Waals surface area contributed by atoms with E-state index in [0.29, 0.717) is 5.56 Å². The van der Waals surface area contributed by atoms with Crippen molar-refractivity contribution >= 4 is 27.5 Å². The van der Waals surface area contributed by atoms with Gasteiger partial charge in [0.1, 0.15) is 4.90 Å². The minimum absolute atomic E-state index is 0.0259. The summed E-state index contributed by atoms with van der Waals surface area (Å²) in [6.45, 7) is 4.97. The molecule has 0 bridgehead atoms. The molecule has 10 heteroatoms. The number of hydrogen-bond donors (Lipinski definition) is 2. The summed E-state index contributed by atoms with van der Waals surface area (Å²) in [6, 6.07) is 8.17. The van der Waals surface area contributed by atoms with Gasteiger partial charge in [0.05, 0.1) is 10.6 Å².